The maximum atomic E-state index is 6.69. The number of aromatic nitrogens is 3. The maximum absolute atomic E-state index is 6.69. The van der Waals surface area contributed by atoms with Gasteiger partial charge in [-0.3, -0.25) is 0 Å². The standard InChI is InChI=1S/C51H31N3O2/c1-4-13-32(14-5-1)33-23-25-34(26-24-33)39-29-28-38(47-40-19-10-11-21-43(40)56-48(39)47)37-27-30-44-42(31-37)46-41(20-12-22-45(46)55-44)51-53-49(35-15-6-2-7-16-35)52-50(54-51)36-17-8-3-9-18-36/h1-31H. The summed E-state index contributed by atoms with van der Waals surface area (Å²) in [7, 11) is 0. The van der Waals surface area contributed by atoms with Gasteiger partial charge in [0.25, 0.3) is 0 Å². The van der Waals surface area contributed by atoms with Crippen LogP contribution in [0.15, 0.2) is 197 Å². The zero-order valence-electron chi connectivity index (χ0n) is 30.1. The van der Waals surface area contributed by atoms with E-state index >= 15 is 0 Å². The second-order valence-electron chi connectivity index (χ2n) is 13.9. The predicted octanol–water partition coefficient (Wildman–Crippen LogP) is 13.7. The summed E-state index contributed by atoms with van der Waals surface area (Å²) in [5, 5.41) is 4.09. The van der Waals surface area contributed by atoms with Gasteiger partial charge in [0.2, 0.25) is 0 Å². The van der Waals surface area contributed by atoms with Gasteiger partial charge in [0.15, 0.2) is 17.5 Å². The summed E-state index contributed by atoms with van der Waals surface area (Å²) in [5.41, 5.74) is 12.7. The Morgan fingerprint density at radius 2 is 0.821 bits per heavy atom. The van der Waals surface area contributed by atoms with Crippen LogP contribution >= 0.6 is 0 Å². The minimum atomic E-state index is 0.585. The molecule has 0 aliphatic carbocycles. The Balaban J connectivity index is 1.09. The Bertz CT molecular complexity index is 3170. The van der Waals surface area contributed by atoms with Gasteiger partial charge in [-0.15, -0.1) is 0 Å². The highest BCUT2D eigenvalue weighted by Crippen LogP contribution is 2.44. The second kappa shape index (κ2) is 13.0. The summed E-state index contributed by atoms with van der Waals surface area (Å²) in [5.74, 6) is 1.82. The fourth-order valence-electron chi connectivity index (χ4n) is 7.88. The molecule has 56 heavy (non-hydrogen) atoms. The Hall–Kier alpha value is -7.63. The highest BCUT2D eigenvalue weighted by atomic mass is 16.3. The van der Waals surface area contributed by atoms with E-state index in [2.05, 4.69) is 97.1 Å². The van der Waals surface area contributed by atoms with E-state index in [0.29, 0.717) is 17.5 Å². The van der Waals surface area contributed by atoms with Crippen LogP contribution in [0.4, 0.5) is 0 Å². The molecule has 3 heterocycles. The molecule has 5 heteroatoms. The molecule has 0 amide bonds. The van der Waals surface area contributed by atoms with E-state index in [1.165, 1.54) is 11.1 Å². The van der Waals surface area contributed by atoms with Crippen molar-refractivity contribution in [3.05, 3.63) is 188 Å². The van der Waals surface area contributed by atoms with Gasteiger partial charge in [-0.1, -0.05) is 158 Å². The SMILES string of the molecule is c1ccc(-c2ccc(-c3ccc(-c4ccc5oc6cccc(-c7nc(-c8ccccc8)nc(-c8ccccc8)n7)c6c5c4)c4c3oc3ccccc34)cc2)cc1. The largest absolute Gasteiger partial charge is 0.456 e. The van der Waals surface area contributed by atoms with Crippen molar-refractivity contribution in [1.82, 2.24) is 15.0 Å². The highest BCUT2D eigenvalue weighted by Gasteiger charge is 2.21. The summed E-state index contributed by atoms with van der Waals surface area (Å²) < 4.78 is 13.2. The van der Waals surface area contributed by atoms with Gasteiger partial charge in [-0.25, -0.2) is 15.0 Å². The van der Waals surface area contributed by atoms with Crippen LogP contribution in [0.1, 0.15) is 0 Å². The molecule has 0 aliphatic rings. The van der Waals surface area contributed by atoms with E-state index in [-0.39, 0.29) is 0 Å². The third-order valence-corrected chi connectivity index (χ3v) is 10.6. The second-order valence-corrected chi connectivity index (χ2v) is 13.9. The van der Waals surface area contributed by atoms with Crippen LogP contribution < -0.4 is 0 Å². The van der Waals surface area contributed by atoms with Crippen molar-refractivity contribution < 1.29 is 8.83 Å². The van der Waals surface area contributed by atoms with Crippen LogP contribution in [0.5, 0.6) is 0 Å². The Morgan fingerprint density at radius 1 is 0.286 bits per heavy atom. The molecule has 0 spiro atoms. The zero-order valence-corrected chi connectivity index (χ0v) is 30.1. The molecule has 3 aromatic heterocycles. The van der Waals surface area contributed by atoms with Crippen molar-refractivity contribution >= 4 is 43.9 Å². The highest BCUT2D eigenvalue weighted by molar-refractivity contribution is 6.18. The minimum absolute atomic E-state index is 0.585. The van der Waals surface area contributed by atoms with E-state index < -0.39 is 0 Å². The van der Waals surface area contributed by atoms with E-state index in [9.17, 15) is 0 Å². The molecule has 0 atom stereocenters. The van der Waals surface area contributed by atoms with Crippen molar-refractivity contribution in [2.75, 3.05) is 0 Å². The molecule has 8 aromatic carbocycles. The quantitative estimate of drug-likeness (QED) is 0.171. The van der Waals surface area contributed by atoms with E-state index in [1.54, 1.807) is 0 Å². The van der Waals surface area contributed by atoms with E-state index in [4.69, 9.17) is 23.8 Å². The van der Waals surface area contributed by atoms with Crippen molar-refractivity contribution in [2.45, 2.75) is 0 Å². The first kappa shape index (κ1) is 31.9. The lowest BCUT2D eigenvalue weighted by Crippen LogP contribution is -2.00. The lowest BCUT2D eigenvalue weighted by Gasteiger charge is -2.10. The molecule has 0 fully saturated rings. The molecular weight excluding hydrogens is 687 g/mol. The summed E-state index contributed by atoms with van der Waals surface area (Å²) in [6.07, 6.45) is 0. The molecule has 0 saturated carbocycles. The summed E-state index contributed by atoms with van der Waals surface area (Å²) in [4.78, 5) is 15.1. The maximum Gasteiger partial charge on any atom is 0.164 e. The molecule has 0 unspecified atom stereocenters. The van der Waals surface area contributed by atoms with Gasteiger partial charge in [-0.05, 0) is 58.1 Å². The van der Waals surface area contributed by atoms with Gasteiger partial charge >= 0.3 is 0 Å². The molecule has 11 aromatic rings. The average molecular weight is 718 g/mol. The third kappa shape index (κ3) is 5.37. The number of benzene rings is 8. The molecule has 262 valence electrons. The molecule has 11 rings (SSSR count). The lowest BCUT2D eigenvalue weighted by molar-refractivity contribution is 0.669. The first-order chi connectivity index (χ1) is 27.7. The molecule has 0 aliphatic heterocycles. The Morgan fingerprint density at radius 3 is 1.54 bits per heavy atom. The van der Waals surface area contributed by atoms with Crippen molar-refractivity contribution in [3.8, 4) is 67.5 Å². The Kier molecular flexibility index (Phi) is 7.42. The topological polar surface area (TPSA) is 65.0 Å². The summed E-state index contributed by atoms with van der Waals surface area (Å²) >= 11 is 0. The Labute approximate surface area is 322 Å². The van der Waals surface area contributed by atoms with Crippen molar-refractivity contribution in [2.24, 2.45) is 0 Å². The number of furan rings is 2. The smallest absolute Gasteiger partial charge is 0.164 e. The summed E-state index contributed by atoms with van der Waals surface area (Å²) in [6.45, 7) is 0. The minimum Gasteiger partial charge on any atom is -0.456 e. The van der Waals surface area contributed by atoms with E-state index in [1.807, 2.05) is 91.0 Å². The molecule has 0 saturated heterocycles. The monoisotopic (exact) mass is 717 g/mol. The molecule has 5 nitrogen and oxygen atoms in total. The van der Waals surface area contributed by atoms with Crippen LogP contribution in [-0.4, -0.2) is 15.0 Å². The first-order valence-corrected chi connectivity index (χ1v) is 18.7. The van der Waals surface area contributed by atoms with Gasteiger partial charge < -0.3 is 8.83 Å². The third-order valence-electron chi connectivity index (χ3n) is 10.6. The van der Waals surface area contributed by atoms with Crippen molar-refractivity contribution in [3.63, 3.8) is 0 Å². The number of nitrogens with zero attached hydrogens (tertiary/aromatic N) is 3. The van der Waals surface area contributed by atoms with Gasteiger partial charge in [-0.2, -0.15) is 0 Å². The van der Waals surface area contributed by atoms with Crippen LogP contribution in [-0.2, 0) is 0 Å². The van der Waals surface area contributed by atoms with Gasteiger partial charge in [0.1, 0.15) is 22.3 Å². The molecule has 0 radical (unpaired) electrons. The lowest BCUT2D eigenvalue weighted by atomic mass is 9.93. The molecule has 0 N–H and O–H groups in total. The number of hydrogen-bond donors (Lipinski definition) is 0. The van der Waals surface area contributed by atoms with Crippen molar-refractivity contribution in [1.29, 1.82) is 0 Å². The van der Waals surface area contributed by atoms with Gasteiger partial charge in [0.05, 0.1) is 0 Å². The number of fused-ring (bicyclic) bond motifs is 6. The molecular formula is C51H31N3O2. The zero-order chi connectivity index (χ0) is 37.0. The van der Waals surface area contributed by atoms with Crippen LogP contribution in [0.2, 0.25) is 0 Å². The number of hydrogen-bond acceptors (Lipinski definition) is 5. The fourth-order valence-corrected chi connectivity index (χ4v) is 7.88. The van der Waals surface area contributed by atoms with Crippen LogP contribution in [0.3, 0.4) is 0 Å². The predicted molar refractivity (Wildman–Crippen MR) is 227 cm³/mol. The first-order valence-electron chi connectivity index (χ1n) is 18.7. The summed E-state index contributed by atoms with van der Waals surface area (Å²) in [6, 6.07) is 64.5. The van der Waals surface area contributed by atoms with E-state index in [0.717, 1.165) is 82.8 Å². The number of rotatable bonds is 6. The van der Waals surface area contributed by atoms with Crippen LogP contribution in [0.25, 0.3) is 111 Å². The average Bonchev–Trinajstić information content (AvgIpc) is 3.86. The van der Waals surface area contributed by atoms with Gasteiger partial charge in [0, 0.05) is 43.8 Å². The fraction of sp³-hybridized carbons (Fsp3) is 0. The molecule has 0 bridgehead atoms. The number of para-hydroxylation sites is 1. The van der Waals surface area contributed by atoms with Crippen LogP contribution in [0, 0.1) is 0 Å². The normalized spacial score (nSPS) is 11.6.